The summed E-state index contributed by atoms with van der Waals surface area (Å²) in [5, 5.41) is 15.3. The highest BCUT2D eigenvalue weighted by Crippen LogP contribution is 2.18. The first kappa shape index (κ1) is 25.8. The minimum absolute atomic E-state index is 0.0815. The molecule has 0 unspecified atom stereocenters. The number of carbonyl (C=O) groups is 4. The van der Waals surface area contributed by atoms with Gasteiger partial charge in [-0.3, -0.25) is 14.4 Å². The molecule has 0 bridgehead atoms. The van der Waals surface area contributed by atoms with Crippen molar-refractivity contribution in [1.29, 1.82) is 0 Å². The molecule has 0 aliphatic rings. The maximum absolute atomic E-state index is 12.7. The van der Waals surface area contributed by atoms with Gasteiger partial charge in [0.15, 0.2) is 0 Å². The molecule has 0 aliphatic carbocycles. The Labute approximate surface area is 191 Å². The van der Waals surface area contributed by atoms with Gasteiger partial charge < -0.3 is 37.9 Å². The fourth-order valence-electron chi connectivity index (χ4n) is 3.49. The summed E-state index contributed by atoms with van der Waals surface area (Å²) in [6.07, 6.45) is 3.06. The molecule has 180 valence electrons. The maximum Gasteiger partial charge on any atom is 0.326 e. The Hall–Kier alpha value is -3.44. The zero-order chi connectivity index (χ0) is 24.4. The van der Waals surface area contributed by atoms with E-state index in [4.69, 9.17) is 17.2 Å². The smallest absolute Gasteiger partial charge is 0.326 e. The van der Waals surface area contributed by atoms with Crippen molar-refractivity contribution in [3.63, 3.8) is 0 Å². The van der Waals surface area contributed by atoms with Gasteiger partial charge in [-0.1, -0.05) is 18.2 Å². The van der Waals surface area contributed by atoms with Crippen molar-refractivity contribution in [3.05, 3.63) is 36.0 Å². The molecule has 0 saturated heterocycles. The van der Waals surface area contributed by atoms with Gasteiger partial charge in [-0.15, -0.1) is 0 Å². The lowest BCUT2D eigenvalue weighted by Gasteiger charge is -2.22. The van der Waals surface area contributed by atoms with E-state index in [-0.39, 0.29) is 25.7 Å². The van der Waals surface area contributed by atoms with Gasteiger partial charge in [0.25, 0.3) is 0 Å². The lowest BCUT2D eigenvalue weighted by molar-refractivity contribution is -0.142. The summed E-state index contributed by atoms with van der Waals surface area (Å²) >= 11 is 0. The van der Waals surface area contributed by atoms with E-state index in [0.717, 1.165) is 16.5 Å². The molecular weight excluding hydrogens is 428 g/mol. The van der Waals surface area contributed by atoms with Crippen LogP contribution >= 0.6 is 0 Å². The molecule has 3 atom stereocenters. The Bertz CT molecular complexity index is 975. The number of nitrogens with two attached hydrogens (primary N) is 3. The average Bonchev–Trinajstić information content (AvgIpc) is 3.18. The summed E-state index contributed by atoms with van der Waals surface area (Å²) in [5.74, 6) is -3.16. The van der Waals surface area contributed by atoms with Gasteiger partial charge in [0, 0.05) is 23.5 Å². The number of carbonyl (C=O) groups excluding carboxylic acids is 3. The summed E-state index contributed by atoms with van der Waals surface area (Å²) in [6.45, 7) is 0.409. The van der Waals surface area contributed by atoms with E-state index in [0.29, 0.717) is 19.4 Å². The van der Waals surface area contributed by atoms with Crippen LogP contribution in [-0.2, 0) is 25.6 Å². The molecule has 0 aliphatic heterocycles. The fraction of sp³-hybridized carbons (Fsp3) is 0.455. The number of rotatable bonds is 14. The molecular formula is C22H32N6O5. The molecule has 0 radical (unpaired) electrons. The number of carboxylic acid groups (broad SMARTS) is 1. The Morgan fingerprint density at radius 3 is 2.36 bits per heavy atom. The highest BCUT2D eigenvalue weighted by atomic mass is 16.4. The second-order valence-electron chi connectivity index (χ2n) is 7.92. The van der Waals surface area contributed by atoms with Crippen LogP contribution in [0.3, 0.4) is 0 Å². The van der Waals surface area contributed by atoms with Gasteiger partial charge in [0.1, 0.15) is 12.1 Å². The number of primary amides is 1. The quantitative estimate of drug-likeness (QED) is 0.183. The number of H-pyrrole nitrogens is 1. The Kier molecular flexibility index (Phi) is 9.83. The molecule has 33 heavy (non-hydrogen) atoms. The van der Waals surface area contributed by atoms with Crippen LogP contribution < -0.4 is 27.8 Å². The second kappa shape index (κ2) is 12.6. The number of amides is 3. The topological polar surface area (TPSA) is 206 Å². The van der Waals surface area contributed by atoms with Crippen molar-refractivity contribution in [3.8, 4) is 0 Å². The molecule has 1 aromatic carbocycles. The third-order valence-electron chi connectivity index (χ3n) is 5.33. The van der Waals surface area contributed by atoms with E-state index in [2.05, 4.69) is 15.6 Å². The molecule has 11 heteroatoms. The van der Waals surface area contributed by atoms with Crippen molar-refractivity contribution in [2.24, 2.45) is 17.2 Å². The van der Waals surface area contributed by atoms with Crippen molar-refractivity contribution in [2.75, 3.05) is 6.54 Å². The largest absolute Gasteiger partial charge is 0.480 e. The predicted octanol–water partition coefficient (Wildman–Crippen LogP) is -0.514. The zero-order valence-corrected chi connectivity index (χ0v) is 18.4. The lowest BCUT2D eigenvalue weighted by atomic mass is 10.0. The molecule has 3 amide bonds. The van der Waals surface area contributed by atoms with E-state index in [1.54, 1.807) is 6.20 Å². The van der Waals surface area contributed by atoms with Gasteiger partial charge in [-0.2, -0.15) is 0 Å². The van der Waals surface area contributed by atoms with Crippen LogP contribution in [0.15, 0.2) is 30.5 Å². The first-order valence-electron chi connectivity index (χ1n) is 10.9. The third-order valence-corrected chi connectivity index (χ3v) is 5.33. The minimum Gasteiger partial charge on any atom is -0.480 e. The van der Waals surface area contributed by atoms with Crippen LogP contribution in [0.1, 0.15) is 37.7 Å². The van der Waals surface area contributed by atoms with E-state index >= 15 is 0 Å². The highest BCUT2D eigenvalue weighted by molar-refractivity contribution is 5.92. The number of para-hydroxylation sites is 1. The average molecular weight is 461 g/mol. The Balaban J connectivity index is 2.05. The van der Waals surface area contributed by atoms with E-state index in [9.17, 15) is 24.3 Å². The fourth-order valence-corrected chi connectivity index (χ4v) is 3.49. The number of fused-ring (bicyclic) bond motifs is 1. The number of hydrogen-bond acceptors (Lipinski definition) is 6. The summed E-state index contributed by atoms with van der Waals surface area (Å²) in [7, 11) is 0. The number of unbranched alkanes of at least 4 members (excludes halogenated alkanes) is 1. The standard InChI is InChI=1S/C22H32N6O5/c23-10-4-3-7-18(22(32)33)28-21(31)17(8-9-19(25)29)27-20(30)15(24)11-13-12-26-16-6-2-1-5-14(13)16/h1-2,5-6,12,15,17-18,26H,3-4,7-11,23-24H2,(H2,25,29)(H,27,30)(H,28,31)(H,32,33)/t15-,17-,18-/m0/s1. The Morgan fingerprint density at radius 2 is 1.70 bits per heavy atom. The van der Waals surface area contributed by atoms with Gasteiger partial charge in [-0.05, 0) is 50.3 Å². The summed E-state index contributed by atoms with van der Waals surface area (Å²) in [4.78, 5) is 51.3. The van der Waals surface area contributed by atoms with Gasteiger partial charge in [0.05, 0.1) is 6.04 Å². The zero-order valence-electron chi connectivity index (χ0n) is 18.4. The number of benzene rings is 1. The summed E-state index contributed by atoms with van der Waals surface area (Å²) in [5.41, 5.74) is 18.5. The van der Waals surface area contributed by atoms with Crippen molar-refractivity contribution < 1.29 is 24.3 Å². The number of aromatic amines is 1. The lowest BCUT2D eigenvalue weighted by Crippen LogP contribution is -2.55. The molecule has 0 saturated carbocycles. The predicted molar refractivity (Wildman–Crippen MR) is 123 cm³/mol. The molecule has 2 rings (SSSR count). The van der Waals surface area contributed by atoms with Crippen LogP contribution in [0.2, 0.25) is 0 Å². The second-order valence-corrected chi connectivity index (χ2v) is 7.92. The SMILES string of the molecule is NCCCC[C@H](NC(=O)[C@H](CCC(N)=O)NC(=O)[C@@H](N)Cc1c[nH]c2ccccc12)C(=O)O. The number of nitrogens with one attached hydrogen (secondary N) is 3. The van der Waals surface area contributed by atoms with Crippen LogP contribution in [0, 0.1) is 0 Å². The maximum atomic E-state index is 12.7. The van der Waals surface area contributed by atoms with Crippen molar-refractivity contribution >= 4 is 34.6 Å². The molecule has 2 aromatic rings. The monoisotopic (exact) mass is 460 g/mol. The number of hydrogen-bond donors (Lipinski definition) is 7. The van der Waals surface area contributed by atoms with Crippen LogP contribution in [0.5, 0.6) is 0 Å². The minimum atomic E-state index is -1.20. The normalized spacial score (nSPS) is 13.8. The van der Waals surface area contributed by atoms with Crippen LogP contribution in [0.4, 0.5) is 0 Å². The van der Waals surface area contributed by atoms with Gasteiger partial charge in [0.2, 0.25) is 17.7 Å². The molecule has 1 heterocycles. The third kappa shape index (κ3) is 7.88. The van der Waals surface area contributed by atoms with Crippen LogP contribution in [-0.4, -0.2) is 58.5 Å². The first-order valence-corrected chi connectivity index (χ1v) is 10.9. The van der Waals surface area contributed by atoms with E-state index < -0.39 is 41.8 Å². The molecule has 0 fully saturated rings. The number of aliphatic carboxylic acids is 1. The summed E-state index contributed by atoms with van der Waals surface area (Å²) < 4.78 is 0. The van der Waals surface area contributed by atoms with Crippen molar-refractivity contribution in [1.82, 2.24) is 15.6 Å². The Morgan fingerprint density at radius 1 is 1.00 bits per heavy atom. The molecule has 0 spiro atoms. The van der Waals surface area contributed by atoms with Gasteiger partial charge >= 0.3 is 5.97 Å². The van der Waals surface area contributed by atoms with Crippen LogP contribution in [0.25, 0.3) is 10.9 Å². The van der Waals surface area contributed by atoms with E-state index in [1.807, 2.05) is 24.3 Å². The number of carboxylic acids is 1. The van der Waals surface area contributed by atoms with E-state index in [1.165, 1.54) is 0 Å². The molecule has 1 aromatic heterocycles. The summed E-state index contributed by atoms with van der Waals surface area (Å²) in [6, 6.07) is 4.31. The molecule has 11 nitrogen and oxygen atoms in total. The first-order chi connectivity index (χ1) is 15.7. The van der Waals surface area contributed by atoms with Crippen molar-refractivity contribution in [2.45, 2.75) is 56.7 Å². The number of aromatic nitrogens is 1. The molecule has 10 N–H and O–H groups in total. The highest BCUT2D eigenvalue weighted by Gasteiger charge is 2.28. The van der Waals surface area contributed by atoms with Gasteiger partial charge in [-0.25, -0.2) is 4.79 Å².